The molecule has 1 N–H and O–H groups in total. The topological polar surface area (TPSA) is 67.6 Å². The van der Waals surface area contributed by atoms with E-state index in [2.05, 4.69) is 10.2 Å². The zero-order chi connectivity index (χ0) is 16.1. The van der Waals surface area contributed by atoms with Gasteiger partial charge >= 0.3 is 0 Å². The number of nitro groups is 1. The van der Waals surface area contributed by atoms with Crippen LogP contribution in [0.2, 0.25) is 0 Å². The Bertz CT molecular complexity index is 525. The highest BCUT2D eigenvalue weighted by molar-refractivity contribution is 5.85. The van der Waals surface area contributed by atoms with E-state index in [1.807, 2.05) is 20.9 Å². The van der Waals surface area contributed by atoms with Gasteiger partial charge in [-0.25, -0.2) is 0 Å². The molecule has 0 spiro atoms. The Morgan fingerprint density at radius 1 is 1.48 bits per heavy atom. The summed E-state index contributed by atoms with van der Waals surface area (Å²) < 4.78 is 5.81. The highest BCUT2D eigenvalue weighted by Crippen LogP contribution is 2.27. The Morgan fingerprint density at radius 3 is 2.83 bits per heavy atom. The third-order valence-electron chi connectivity index (χ3n) is 3.93. The molecule has 1 unspecified atom stereocenters. The molecule has 1 aromatic carbocycles. The average molecular weight is 344 g/mol. The molecule has 1 fully saturated rings. The van der Waals surface area contributed by atoms with Crippen LogP contribution in [0.5, 0.6) is 5.75 Å². The summed E-state index contributed by atoms with van der Waals surface area (Å²) in [6.45, 7) is 6.58. The second-order valence-corrected chi connectivity index (χ2v) is 6.08. The lowest BCUT2D eigenvalue weighted by Crippen LogP contribution is -2.43. The van der Waals surface area contributed by atoms with Crippen LogP contribution in [0.4, 0.5) is 5.69 Å². The van der Waals surface area contributed by atoms with Crippen LogP contribution < -0.4 is 10.1 Å². The van der Waals surface area contributed by atoms with Crippen LogP contribution >= 0.6 is 12.4 Å². The highest BCUT2D eigenvalue weighted by atomic mass is 35.5. The molecule has 0 aromatic heterocycles. The van der Waals surface area contributed by atoms with Gasteiger partial charge in [0.2, 0.25) is 0 Å². The van der Waals surface area contributed by atoms with E-state index in [9.17, 15) is 10.1 Å². The number of hydrogen-bond donors (Lipinski definition) is 1. The van der Waals surface area contributed by atoms with Crippen LogP contribution in [0, 0.1) is 10.1 Å². The summed E-state index contributed by atoms with van der Waals surface area (Å²) in [6, 6.07) is 5.35. The number of nitrogens with zero attached hydrogens (tertiary/aromatic N) is 2. The van der Waals surface area contributed by atoms with Crippen LogP contribution in [-0.4, -0.2) is 42.1 Å². The van der Waals surface area contributed by atoms with Gasteiger partial charge in [0, 0.05) is 36.8 Å². The van der Waals surface area contributed by atoms with E-state index in [1.54, 1.807) is 12.1 Å². The maximum Gasteiger partial charge on any atom is 0.270 e. The number of rotatable bonds is 6. The molecule has 1 heterocycles. The Kier molecular flexibility index (Phi) is 7.75. The van der Waals surface area contributed by atoms with E-state index in [0.29, 0.717) is 12.6 Å². The number of ether oxygens (including phenoxy) is 1. The number of halogens is 1. The summed E-state index contributed by atoms with van der Waals surface area (Å²) >= 11 is 0. The Balaban J connectivity index is 0.00000264. The van der Waals surface area contributed by atoms with Gasteiger partial charge in [-0.2, -0.15) is 0 Å². The van der Waals surface area contributed by atoms with E-state index in [0.717, 1.165) is 30.8 Å². The molecule has 130 valence electrons. The van der Waals surface area contributed by atoms with Crippen LogP contribution in [0.1, 0.15) is 32.3 Å². The molecule has 1 aliphatic rings. The molecule has 1 aliphatic heterocycles. The van der Waals surface area contributed by atoms with Gasteiger partial charge in [-0.05, 0) is 46.3 Å². The molecule has 0 saturated carbocycles. The zero-order valence-electron chi connectivity index (χ0n) is 13.9. The van der Waals surface area contributed by atoms with Gasteiger partial charge in [-0.1, -0.05) is 0 Å². The highest BCUT2D eigenvalue weighted by Gasteiger charge is 2.21. The predicted molar refractivity (Wildman–Crippen MR) is 93.5 cm³/mol. The van der Waals surface area contributed by atoms with Gasteiger partial charge in [-0.3, -0.25) is 15.0 Å². The fraction of sp³-hybridized carbons (Fsp3) is 0.625. The molecular formula is C16H26ClN3O3. The van der Waals surface area contributed by atoms with Crippen LogP contribution in [-0.2, 0) is 6.54 Å². The van der Waals surface area contributed by atoms with E-state index in [4.69, 9.17) is 4.74 Å². The first-order valence-corrected chi connectivity index (χ1v) is 7.83. The maximum absolute atomic E-state index is 11.0. The monoisotopic (exact) mass is 343 g/mol. The van der Waals surface area contributed by atoms with Gasteiger partial charge in [0.15, 0.2) is 0 Å². The van der Waals surface area contributed by atoms with Gasteiger partial charge < -0.3 is 10.1 Å². The number of piperidine rings is 1. The molecule has 0 aliphatic carbocycles. The SMILES string of the molecule is CNC1CCCN(Cc2cc([N+](=O)[O-])ccc2OC(C)C)C1.Cl. The number of hydrogen-bond acceptors (Lipinski definition) is 5. The predicted octanol–water partition coefficient (Wildman–Crippen LogP) is 2.99. The first-order valence-electron chi connectivity index (χ1n) is 7.83. The van der Waals surface area contributed by atoms with Gasteiger partial charge in [0.1, 0.15) is 5.75 Å². The Hall–Kier alpha value is -1.37. The number of nitro benzene ring substituents is 1. The molecule has 0 amide bonds. The Labute approximate surface area is 143 Å². The summed E-state index contributed by atoms with van der Waals surface area (Å²) in [7, 11) is 1.98. The quantitative estimate of drug-likeness (QED) is 0.635. The summed E-state index contributed by atoms with van der Waals surface area (Å²) in [5, 5.41) is 14.3. The van der Waals surface area contributed by atoms with Crippen molar-refractivity contribution in [1.29, 1.82) is 0 Å². The average Bonchev–Trinajstić information content (AvgIpc) is 2.48. The fourth-order valence-corrected chi connectivity index (χ4v) is 2.85. The van der Waals surface area contributed by atoms with Crippen molar-refractivity contribution in [3.8, 4) is 5.75 Å². The van der Waals surface area contributed by atoms with Crippen LogP contribution in [0.25, 0.3) is 0 Å². The lowest BCUT2D eigenvalue weighted by atomic mass is 10.0. The van der Waals surface area contributed by atoms with Gasteiger partial charge in [0.05, 0.1) is 11.0 Å². The summed E-state index contributed by atoms with van der Waals surface area (Å²) in [5.41, 5.74) is 1.01. The van der Waals surface area contributed by atoms with Crippen LogP contribution in [0.3, 0.4) is 0 Å². The number of likely N-dealkylation sites (tertiary alicyclic amines) is 1. The fourth-order valence-electron chi connectivity index (χ4n) is 2.85. The van der Waals surface area contributed by atoms with E-state index in [-0.39, 0.29) is 29.1 Å². The molecule has 0 bridgehead atoms. The second kappa shape index (κ2) is 9.05. The van der Waals surface area contributed by atoms with Crippen molar-refractivity contribution >= 4 is 18.1 Å². The first-order chi connectivity index (χ1) is 10.5. The standard InChI is InChI=1S/C16H25N3O3.ClH/c1-12(2)22-16-7-6-15(19(20)21)9-13(16)10-18-8-4-5-14(11-18)17-3;/h6-7,9,12,14,17H,4-5,8,10-11H2,1-3H3;1H. The molecule has 7 heteroatoms. The molecule has 6 nitrogen and oxygen atoms in total. The molecule has 1 aromatic rings. The third kappa shape index (κ3) is 5.64. The van der Waals surface area contributed by atoms with Crippen molar-refractivity contribution in [2.24, 2.45) is 0 Å². The largest absolute Gasteiger partial charge is 0.491 e. The van der Waals surface area contributed by atoms with Gasteiger partial charge in [-0.15, -0.1) is 12.4 Å². The second-order valence-electron chi connectivity index (χ2n) is 6.08. The minimum atomic E-state index is -0.352. The van der Waals surface area contributed by atoms with E-state index < -0.39 is 0 Å². The lowest BCUT2D eigenvalue weighted by Gasteiger charge is -2.32. The minimum absolute atomic E-state index is 0. The zero-order valence-corrected chi connectivity index (χ0v) is 14.8. The van der Waals surface area contributed by atoms with Crippen molar-refractivity contribution in [1.82, 2.24) is 10.2 Å². The summed E-state index contributed by atoms with van der Waals surface area (Å²) in [5.74, 6) is 0.743. The molecule has 2 rings (SSSR count). The van der Waals surface area contributed by atoms with Crippen LogP contribution in [0.15, 0.2) is 18.2 Å². The van der Waals surface area contributed by atoms with Gasteiger partial charge in [0.25, 0.3) is 5.69 Å². The number of benzene rings is 1. The summed E-state index contributed by atoms with van der Waals surface area (Å²) in [4.78, 5) is 13.0. The summed E-state index contributed by atoms with van der Waals surface area (Å²) in [6.07, 6.45) is 2.37. The molecule has 1 saturated heterocycles. The number of likely N-dealkylation sites (N-methyl/N-ethyl adjacent to an activating group) is 1. The number of nitrogens with one attached hydrogen (secondary N) is 1. The first kappa shape index (κ1) is 19.7. The smallest absolute Gasteiger partial charge is 0.270 e. The van der Waals surface area contributed by atoms with Crippen molar-refractivity contribution in [2.45, 2.75) is 45.4 Å². The van der Waals surface area contributed by atoms with Crippen molar-refractivity contribution in [3.63, 3.8) is 0 Å². The van der Waals surface area contributed by atoms with Crippen molar-refractivity contribution in [2.75, 3.05) is 20.1 Å². The number of non-ortho nitro benzene ring substituents is 1. The minimum Gasteiger partial charge on any atom is -0.491 e. The maximum atomic E-state index is 11.0. The Morgan fingerprint density at radius 2 is 2.22 bits per heavy atom. The van der Waals surface area contributed by atoms with E-state index >= 15 is 0 Å². The molecule has 23 heavy (non-hydrogen) atoms. The van der Waals surface area contributed by atoms with Crippen molar-refractivity contribution in [3.05, 3.63) is 33.9 Å². The lowest BCUT2D eigenvalue weighted by molar-refractivity contribution is -0.385. The van der Waals surface area contributed by atoms with Crippen molar-refractivity contribution < 1.29 is 9.66 Å². The van der Waals surface area contributed by atoms with E-state index in [1.165, 1.54) is 12.5 Å². The molecule has 1 atom stereocenters. The molecular weight excluding hydrogens is 318 g/mol. The third-order valence-corrected chi connectivity index (χ3v) is 3.93. The molecule has 0 radical (unpaired) electrons. The normalized spacial score (nSPS) is 18.5.